The maximum Gasteiger partial charge on any atom is 0.220 e. The van der Waals surface area contributed by atoms with E-state index in [0.29, 0.717) is 18.9 Å². The molecular formula is C13H23N3O. The zero-order valence-electron chi connectivity index (χ0n) is 10.6. The van der Waals surface area contributed by atoms with Crippen LogP contribution in [0.4, 0.5) is 0 Å². The van der Waals surface area contributed by atoms with E-state index in [-0.39, 0.29) is 17.9 Å². The van der Waals surface area contributed by atoms with Gasteiger partial charge >= 0.3 is 0 Å². The van der Waals surface area contributed by atoms with Crippen LogP contribution in [0.15, 0.2) is 0 Å². The highest BCUT2D eigenvalue weighted by Gasteiger charge is 2.28. The third-order valence-corrected chi connectivity index (χ3v) is 3.55. The number of carbonyl (C=O) groups excluding carboxylic acids is 1. The number of hydrogen-bond donors (Lipinski definition) is 2. The molecule has 0 bridgehead atoms. The number of nitrogens with two attached hydrogens (primary N) is 1. The molecule has 17 heavy (non-hydrogen) atoms. The van der Waals surface area contributed by atoms with E-state index in [9.17, 15) is 4.79 Å². The van der Waals surface area contributed by atoms with E-state index in [1.807, 2.05) is 0 Å². The molecule has 1 rings (SSSR count). The highest BCUT2D eigenvalue weighted by atomic mass is 16.1. The van der Waals surface area contributed by atoms with Gasteiger partial charge in [0.1, 0.15) is 0 Å². The van der Waals surface area contributed by atoms with Crippen molar-refractivity contribution in [1.29, 1.82) is 5.26 Å². The van der Waals surface area contributed by atoms with Gasteiger partial charge in [-0.1, -0.05) is 6.92 Å². The van der Waals surface area contributed by atoms with Gasteiger partial charge in [0.2, 0.25) is 5.91 Å². The second kappa shape index (κ2) is 7.29. The van der Waals surface area contributed by atoms with Crippen molar-refractivity contribution in [2.24, 2.45) is 17.6 Å². The van der Waals surface area contributed by atoms with Crippen LogP contribution in [-0.2, 0) is 4.79 Å². The van der Waals surface area contributed by atoms with Gasteiger partial charge in [0.15, 0.2) is 0 Å². The third kappa shape index (κ3) is 4.74. The molecule has 0 aliphatic heterocycles. The molecule has 1 aliphatic rings. The summed E-state index contributed by atoms with van der Waals surface area (Å²) in [5.74, 6) is 0.600. The maximum absolute atomic E-state index is 11.7. The van der Waals surface area contributed by atoms with Crippen molar-refractivity contribution in [3.63, 3.8) is 0 Å². The molecule has 1 aliphatic carbocycles. The van der Waals surface area contributed by atoms with Crippen molar-refractivity contribution in [3.8, 4) is 6.07 Å². The van der Waals surface area contributed by atoms with Crippen LogP contribution in [0.2, 0.25) is 0 Å². The standard InChI is InChI=1S/C13H23N3O/c1-10(7-8-14)5-6-13(17)16-12-4-2-3-11(12)9-15/h10-12H,2-8,14H2,1H3,(H,16,17). The topological polar surface area (TPSA) is 78.9 Å². The Balaban J connectivity index is 2.23. The molecule has 0 spiro atoms. The molecule has 96 valence electrons. The first-order chi connectivity index (χ1) is 8.17. The van der Waals surface area contributed by atoms with Crippen LogP contribution in [0.3, 0.4) is 0 Å². The summed E-state index contributed by atoms with van der Waals surface area (Å²) in [4.78, 5) is 11.7. The van der Waals surface area contributed by atoms with Gasteiger partial charge in [-0.15, -0.1) is 0 Å². The van der Waals surface area contributed by atoms with Gasteiger partial charge in [-0.05, 0) is 44.6 Å². The van der Waals surface area contributed by atoms with Gasteiger partial charge in [0.05, 0.1) is 12.0 Å². The fourth-order valence-corrected chi connectivity index (χ4v) is 2.37. The van der Waals surface area contributed by atoms with E-state index in [0.717, 1.165) is 32.1 Å². The minimum atomic E-state index is 0.0143. The lowest BCUT2D eigenvalue weighted by molar-refractivity contribution is -0.122. The van der Waals surface area contributed by atoms with Gasteiger partial charge in [-0.3, -0.25) is 4.79 Å². The van der Waals surface area contributed by atoms with Crippen LogP contribution in [0.25, 0.3) is 0 Å². The van der Waals surface area contributed by atoms with Gasteiger partial charge in [0, 0.05) is 12.5 Å². The molecule has 1 amide bonds. The molecule has 0 heterocycles. The summed E-state index contributed by atoms with van der Waals surface area (Å²) < 4.78 is 0. The van der Waals surface area contributed by atoms with E-state index >= 15 is 0 Å². The molecule has 3 N–H and O–H groups in total. The molecule has 0 aromatic carbocycles. The lowest BCUT2D eigenvalue weighted by atomic mass is 10.0. The minimum absolute atomic E-state index is 0.0143. The van der Waals surface area contributed by atoms with Crippen molar-refractivity contribution in [2.75, 3.05) is 6.54 Å². The van der Waals surface area contributed by atoms with Crippen molar-refractivity contribution in [2.45, 2.75) is 51.5 Å². The molecule has 0 aromatic rings. The van der Waals surface area contributed by atoms with Crippen LogP contribution in [0.5, 0.6) is 0 Å². The normalized spacial score (nSPS) is 25.2. The Morgan fingerprint density at radius 1 is 1.53 bits per heavy atom. The molecule has 3 unspecified atom stereocenters. The summed E-state index contributed by atoms with van der Waals surface area (Å²) in [6.07, 6.45) is 5.32. The van der Waals surface area contributed by atoms with E-state index < -0.39 is 0 Å². The van der Waals surface area contributed by atoms with E-state index in [1.54, 1.807) is 0 Å². The molecule has 0 aromatic heterocycles. The summed E-state index contributed by atoms with van der Waals surface area (Å²) in [6.45, 7) is 2.80. The Bertz CT molecular complexity index is 285. The van der Waals surface area contributed by atoms with E-state index in [1.165, 1.54) is 0 Å². The number of nitrogens with zero attached hydrogens (tertiary/aromatic N) is 1. The van der Waals surface area contributed by atoms with Gasteiger partial charge in [-0.25, -0.2) is 0 Å². The van der Waals surface area contributed by atoms with Gasteiger partial charge < -0.3 is 11.1 Å². The van der Waals surface area contributed by atoms with Crippen LogP contribution in [0.1, 0.15) is 45.4 Å². The molecule has 3 atom stereocenters. The highest BCUT2D eigenvalue weighted by Crippen LogP contribution is 2.25. The lowest BCUT2D eigenvalue weighted by Gasteiger charge is -2.16. The first-order valence-electron chi connectivity index (χ1n) is 6.56. The third-order valence-electron chi connectivity index (χ3n) is 3.55. The van der Waals surface area contributed by atoms with Crippen molar-refractivity contribution < 1.29 is 4.79 Å². The number of nitriles is 1. The second-order valence-electron chi connectivity index (χ2n) is 5.06. The Morgan fingerprint density at radius 3 is 2.94 bits per heavy atom. The zero-order chi connectivity index (χ0) is 12.7. The van der Waals surface area contributed by atoms with E-state index in [4.69, 9.17) is 11.0 Å². The van der Waals surface area contributed by atoms with Crippen molar-refractivity contribution in [3.05, 3.63) is 0 Å². The molecule has 0 radical (unpaired) electrons. The molecule has 1 saturated carbocycles. The molecule has 1 fully saturated rings. The number of amides is 1. The Hall–Kier alpha value is -1.08. The monoisotopic (exact) mass is 237 g/mol. The van der Waals surface area contributed by atoms with Crippen LogP contribution in [0, 0.1) is 23.2 Å². The Kier molecular flexibility index (Phi) is 5.99. The Labute approximate surface area is 104 Å². The smallest absolute Gasteiger partial charge is 0.220 e. The minimum Gasteiger partial charge on any atom is -0.352 e. The number of rotatable bonds is 6. The first kappa shape index (κ1) is 14.0. The first-order valence-corrected chi connectivity index (χ1v) is 6.56. The van der Waals surface area contributed by atoms with E-state index in [2.05, 4.69) is 18.3 Å². The number of carbonyl (C=O) groups is 1. The SMILES string of the molecule is CC(CCN)CCC(=O)NC1CCCC1C#N. The van der Waals surface area contributed by atoms with Gasteiger partial charge in [0.25, 0.3) is 0 Å². The molecule has 4 heteroatoms. The summed E-state index contributed by atoms with van der Waals surface area (Å²) in [5, 5.41) is 11.9. The quantitative estimate of drug-likeness (QED) is 0.735. The average Bonchev–Trinajstić information content (AvgIpc) is 2.74. The largest absolute Gasteiger partial charge is 0.352 e. The van der Waals surface area contributed by atoms with Gasteiger partial charge in [-0.2, -0.15) is 5.26 Å². The fraction of sp³-hybridized carbons (Fsp3) is 0.846. The average molecular weight is 237 g/mol. The summed E-state index contributed by atoms with van der Waals surface area (Å²) in [6, 6.07) is 2.35. The predicted octanol–water partition coefficient (Wildman–Crippen LogP) is 1.56. The fourth-order valence-electron chi connectivity index (χ4n) is 2.37. The van der Waals surface area contributed by atoms with Crippen LogP contribution >= 0.6 is 0 Å². The number of nitrogens with one attached hydrogen (secondary N) is 1. The summed E-state index contributed by atoms with van der Waals surface area (Å²) in [7, 11) is 0. The summed E-state index contributed by atoms with van der Waals surface area (Å²) in [5.41, 5.74) is 5.47. The Morgan fingerprint density at radius 2 is 2.29 bits per heavy atom. The van der Waals surface area contributed by atoms with Crippen LogP contribution < -0.4 is 11.1 Å². The second-order valence-corrected chi connectivity index (χ2v) is 5.06. The van der Waals surface area contributed by atoms with Crippen molar-refractivity contribution in [1.82, 2.24) is 5.32 Å². The molecule has 0 saturated heterocycles. The lowest BCUT2D eigenvalue weighted by Crippen LogP contribution is -2.36. The molecule has 4 nitrogen and oxygen atoms in total. The maximum atomic E-state index is 11.7. The summed E-state index contributed by atoms with van der Waals surface area (Å²) >= 11 is 0. The predicted molar refractivity (Wildman–Crippen MR) is 67.0 cm³/mol. The molecular weight excluding hydrogens is 214 g/mol. The number of hydrogen-bond acceptors (Lipinski definition) is 3. The highest BCUT2D eigenvalue weighted by molar-refractivity contribution is 5.76. The van der Waals surface area contributed by atoms with Crippen LogP contribution in [-0.4, -0.2) is 18.5 Å². The zero-order valence-corrected chi connectivity index (χ0v) is 10.6. The van der Waals surface area contributed by atoms with Crippen molar-refractivity contribution >= 4 is 5.91 Å².